The summed E-state index contributed by atoms with van der Waals surface area (Å²) < 4.78 is 5.99. The average molecular weight is 750 g/mol. The number of esters is 1. The van der Waals surface area contributed by atoms with E-state index in [2.05, 4.69) is 104 Å². The van der Waals surface area contributed by atoms with Gasteiger partial charge in [-0.15, -0.1) is 0 Å². The van der Waals surface area contributed by atoms with E-state index >= 15 is 0 Å². The van der Waals surface area contributed by atoms with Crippen molar-refractivity contribution in [1.29, 1.82) is 0 Å². The maximum atomic E-state index is 12.7. The van der Waals surface area contributed by atoms with Crippen LogP contribution < -0.4 is 5.32 Å². The molecule has 6 nitrogen and oxygen atoms in total. The highest BCUT2D eigenvalue weighted by molar-refractivity contribution is 5.80. The molecule has 306 valence electrons. The van der Waals surface area contributed by atoms with Gasteiger partial charge >= 0.3 is 11.9 Å². The molecule has 1 unspecified atom stereocenters. The first-order valence-electron chi connectivity index (χ1n) is 21.7. The topological polar surface area (TPSA) is 92.7 Å². The zero-order chi connectivity index (χ0) is 39.4. The van der Waals surface area contributed by atoms with E-state index in [4.69, 9.17) is 9.84 Å². The second-order valence-corrected chi connectivity index (χ2v) is 14.2. The van der Waals surface area contributed by atoms with E-state index in [1.165, 1.54) is 51.4 Å². The summed E-state index contributed by atoms with van der Waals surface area (Å²) in [5, 5.41) is 11.1. The van der Waals surface area contributed by atoms with Crippen LogP contribution in [-0.4, -0.2) is 35.6 Å². The molecule has 0 fully saturated rings. The van der Waals surface area contributed by atoms with Crippen molar-refractivity contribution in [2.24, 2.45) is 0 Å². The Kier molecular flexibility index (Phi) is 39.7. The van der Waals surface area contributed by atoms with Crippen molar-refractivity contribution in [1.82, 2.24) is 5.32 Å². The third-order valence-electron chi connectivity index (χ3n) is 9.08. The van der Waals surface area contributed by atoms with Crippen LogP contribution in [0.25, 0.3) is 0 Å². The molecule has 0 spiro atoms. The predicted molar refractivity (Wildman–Crippen MR) is 231 cm³/mol. The van der Waals surface area contributed by atoms with Crippen molar-refractivity contribution in [3.63, 3.8) is 0 Å². The van der Waals surface area contributed by atoms with Gasteiger partial charge < -0.3 is 15.2 Å². The Hall–Kier alpha value is -3.41. The Balaban J connectivity index is 4.20. The third-order valence-corrected chi connectivity index (χ3v) is 9.08. The molecule has 1 amide bonds. The molecular formula is C48H79NO5. The highest BCUT2D eigenvalue weighted by Gasteiger charge is 2.14. The summed E-state index contributed by atoms with van der Waals surface area (Å²) in [7, 11) is 0. The summed E-state index contributed by atoms with van der Waals surface area (Å²) >= 11 is 0. The van der Waals surface area contributed by atoms with Crippen LogP contribution in [0.15, 0.2) is 85.1 Å². The molecule has 0 aromatic heterocycles. The Bertz CT molecular complexity index is 1100. The summed E-state index contributed by atoms with van der Waals surface area (Å²) in [5.74, 6) is -1.30. The standard InChI is InChI=1S/C48H79NO5/c1-3-5-7-9-11-13-14-15-16-17-18-19-20-21-22-23-24-25-26-28-30-35-39-43-48(53)54-45(40-36-32-29-27-12-10-8-6-4-2)41-37-33-31-34-38-42-46(50)49-44-47(51)52/h5,7,11,13,15-16,18-19,21-22,24-25,28,30,45H,3-4,6,8-10,12,14,17,20,23,26-27,29,31-44H2,1-2H3,(H,49,50)(H,51,52)/b7-5-,13-11-,16-15-,19-18-,22-21-,25-24-,30-28-. The van der Waals surface area contributed by atoms with Crippen molar-refractivity contribution in [2.45, 2.75) is 193 Å². The van der Waals surface area contributed by atoms with Gasteiger partial charge in [0.05, 0.1) is 0 Å². The molecule has 0 heterocycles. The fourth-order valence-corrected chi connectivity index (χ4v) is 5.92. The molecule has 2 N–H and O–H groups in total. The van der Waals surface area contributed by atoms with E-state index in [9.17, 15) is 14.4 Å². The number of carbonyl (C=O) groups excluding carboxylic acids is 2. The Morgan fingerprint density at radius 3 is 1.35 bits per heavy atom. The van der Waals surface area contributed by atoms with Gasteiger partial charge in [-0.3, -0.25) is 14.4 Å². The number of unbranched alkanes of at least 4 members (excludes halogenated alkanes) is 13. The van der Waals surface area contributed by atoms with Gasteiger partial charge in [0.15, 0.2) is 0 Å². The zero-order valence-electron chi connectivity index (χ0n) is 34.5. The number of allylic oxidation sites excluding steroid dienone is 14. The number of hydrogen-bond donors (Lipinski definition) is 2. The van der Waals surface area contributed by atoms with Gasteiger partial charge in [-0.25, -0.2) is 0 Å². The molecule has 0 aromatic rings. The Morgan fingerprint density at radius 1 is 0.500 bits per heavy atom. The molecule has 0 saturated carbocycles. The maximum absolute atomic E-state index is 12.7. The molecule has 0 aliphatic rings. The van der Waals surface area contributed by atoms with Gasteiger partial charge in [0.25, 0.3) is 0 Å². The minimum atomic E-state index is -1.02. The van der Waals surface area contributed by atoms with Gasteiger partial charge in [0, 0.05) is 12.8 Å². The molecule has 1 atom stereocenters. The monoisotopic (exact) mass is 750 g/mol. The molecule has 0 bridgehead atoms. The van der Waals surface area contributed by atoms with Crippen LogP contribution in [0, 0.1) is 0 Å². The first kappa shape index (κ1) is 50.6. The van der Waals surface area contributed by atoms with E-state index in [1.54, 1.807) is 0 Å². The molecular weight excluding hydrogens is 671 g/mol. The quantitative estimate of drug-likeness (QED) is 0.0372. The van der Waals surface area contributed by atoms with E-state index in [1.807, 2.05) is 0 Å². The maximum Gasteiger partial charge on any atom is 0.322 e. The molecule has 0 saturated heterocycles. The van der Waals surface area contributed by atoms with E-state index in [0.29, 0.717) is 12.8 Å². The van der Waals surface area contributed by atoms with Gasteiger partial charge in [-0.05, 0) is 89.9 Å². The summed E-state index contributed by atoms with van der Waals surface area (Å²) in [6, 6.07) is 0. The number of carboxylic acid groups (broad SMARTS) is 1. The number of amides is 1. The van der Waals surface area contributed by atoms with E-state index in [0.717, 1.165) is 109 Å². The van der Waals surface area contributed by atoms with Gasteiger partial charge in [-0.1, -0.05) is 170 Å². The molecule has 0 aliphatic carbocycles. The van der Waals surface area contributed by atoms with Crippen molar-refractivity contribution >= 4 is 17.8 Å². The SMILES string of the molecule is CC/C=C\C/C=C\C/C=C\C/C=C\C/C=C\C/C=C\C/C=C\CCCC(=O)OC(CCCCCCCCCCC)CCCCCCCC(=O)NCC(=O)O. The molecule has 0 radical (unpaired) electrons. The van der Waals surface area contributed by atoms with Crippen molar-refractivity contribution < 1.29 is 24.2 Å². The molecule has 0 rings (SSSR count). The summed E-state index contributed by atoms with van der Waals surface area (Å²) in [5.41, 5.74) is 0. The Morgan fingerprint density at radius 2 is 0.907 bits per heavy atom. The van der Waals surface area contributed by atoms with Crippen molar-refractivity contribution in [3.05, 3.63) is 85.1 Å². The fraction of sp³-hybridized carbons (Fsp3) is 0.646. The van der Waals surface area contributed by atoms with Crippen LogP contribution in [0.2, 0.25) is 0 Å². The number of ether oxygens (including phenoxy) is 1. The van der Waals surface area contributed by atoms with Gasteiger partial charge in [-0.2, -0.15) is 0 Å². The highest BCUT2D eigenvalue weighted by atomic mass is 16.5. The van der Waals surface area contributed by atoms with Crippen LogP contribution in [0.3, 0.4) is 0 Å². The minimum absolute atomic E-state index is 0.00695. The molecule has 6 heteroatoms. The van der Waals surface area contributed by atoms with Crippen molar-refractivity contribution in [3.8, 4) is 0 Å². The smallest absolute Gasteiger partial charge is 0.322 e. The second kappa shape index (κ2) is 42.3. The first-order valence-corrected chi connectivity index (χ1v) is 21.7. The number of nitrogens with one attached hydrogen (secondary N) is 1. The first-order chi connectivity index (χ1) is 26.5. The highest BCUT2D eigenvalue weighted by Crippen LogP contribution is 2.18. The van der Waals surface area contributed by atoms with Crippen LogP contribution in [0.5, 0.6) is 0 Å². The molecule has 0 aliphatic heterocycles. The zero-order valence-corrected chi connectivity index (χ0v) is 34.5. The lowest BCUT2D eigenvalue weighted by atomic mass is 10.0. The van der Waals surface area contributed by atoms with Crippen LogP contribution >= 0.6 is 0 Å². The number of carboxylic acids is 1. The number of carbonyl (C=O) groups is 3. The van der Waals surface area contributed by atoms with Gasteiger partial charge in [0.2, 0.25) is 5.91 Å². The number of aliphatic carboxylic acids is 1. The number of rotatable bonds is 38. The second-order valence-electron chi connectivity index (χ2n) is 14.2. The summed E-state index contributed by atoms with van der Waals surface area (Å²) in [6.07, 6.45) is 58.5. The molecule has 0 aromatic carbocycles. The normalized spacial score (nSPS) is 12.9. The van der Waals surface area contributed by atoms with Crippen LogP contribution in [0.1, 0.15) is 187 Å². The lowest BCUT2D eigenvalue weighted by Crippen LogP contribution is -2.28. The summed E-state index contributed by atoms with van der Waals surface area (Å²) in [6.45, 7) is 4.09. The van der Waals surface area contributed by atoms with E-state index < -0.39 is 5.97 Å². The van der Waals surface area contributed by atoms with Crippen molar-refractivity contribution in [2.75, 3.05) is 6.54 Å². The fourth-order valence-electron chi connectivity index (χ4n) is 5.92. The van der Waals surface area contributed by atoms with Gasteiger partial charge in [0.1, 0.15) is 12.6 Å². The van der Waals surface area contributed by atoms with E-state index in [-0.39, 0.29) is 24.5 Å². The molecule has 54 heavy (non-hydrogen) atoms. The Labute approximate surface area is 331 Å². The van der Waals surface area contributed by atoms with Crippen LogP contribution in [0.4, 0.5) is 0 Å². The largest absolute Gasteiger partial charge is 0.480 e. The average Bonchev–Trinajstić information content (AvgIpc) is 3.16. The lowest BCUT2D eigenvalue weighted by Gasteiger charge is -2.18. The third kappa shape index (κ3) is 41.3. The van der Waals surface area contributed by atoms with Crippen LogP contribution in [-0.2, 0) is 19.1 Å². The number of hydrogen-bond acceptors (Lipinski definition) is 4. The lowest BCUT2D eigenvalue weighted by molar-refractivity contribution is -0.150. The summed E-state index contributed by atoms with van der Waals surface area (Å²) in [4.78, 5) is 35.0. The predicted octanol–water partition coefficient (Wildman–Crippen LogP) is 13.6. The minimum Gasteiger partial charge on any atom is -0.480 e.